The minimum atomic E-state index is 0.0964. The van der Waals surface area contributed by atoms with Crippen molar-refractivity contribution >= 4 is 27.4 Å². The van der Waals surface area contributed by atoms with Crippen molar-refractivity contribution < 1.29 is 9.53 Å². The van der Waals surface area contributed by atoms with Gasteiger partial charge in [0.15, 0.2) is 5.78 Å². The molecular weight excluding hydrogens is 306 g/mol. The van der Waals surface area contributed by atoms with Crippen LogP contribution in [0.25, 0.3) is 0 Å². The maximum absolute atomic E-state index is 11.5. The number of morpholine rings is 1. The summed E-state index contributed by atoms with van der Waals surface area (Å²) in [5.41, 5.74) is 1.94. The molecule has 0 radical (unpaired) electrons. The number of benzene rings is 1. The molecule has 2 atom stereocenters. The van der Waals surface area contributed by atoms with Crippen molar-refractivity contribution in [3.63, 3.8) is 0 Å². The van der Waals surface area contributed by atoms with Crippen molar-refractivity contribution in [3.05, 3.63) is 28.2 Å². The van der Waals surface area contributed by atoms with Crippen LogP contribution >= 0.6 is 15.9 Å². The highest BCUT2D eigenvalue weighted by Gasteiger charge is 2.36. The summed E-state index contributed by atoms with van der Waals surface area (Å²) in [6.07, 6.45) is 4.02. The van der Waals surface area contributed by atoms with E-state index in [-0.39, 0.29) is 5.78 Å². The highest BCUT2D eigenvalue weighted by molar-refractivity contribution is 9.10. The van der Waals surface area contributed by atoms with Crippen LogP contribution in [0.4, 0.5) is 5.69 Å². The minimum Gasteiger partial charge on any atom is -0.374 e. The molecule has 0 bridgehead atoms. The van der Waals surface area contributed by atoms with Gasteiger partial charge in [0.25, 0.3) is 0 Å². The maximum atomic E-state index is 11.5. The van der Waals surface area contributed by atoms with E-state index in [1.807, 2.05) is 6.07 Å². The molecule has 0 aromatic heterocycles. The monoisotopic (exact) mass is 323 g/mol. The first-order valence-corrected chi connectivity index (χ1v) is 7.65. The third kappa shape index (κ3) is 2.43. The van der Waals surface area contributed by atoms with E-state index in [2.05, 4.69) is 33.0 Å². The fourth-order valence-electron chi connectivity index (χ4n) is 3.21. The van der Waals surface area contributed by atoms with E-state index < -0.39 is 0 Å². The summed E-state index contributed by atoms with van der Waals surface area (Å²) in [6.45, 7) is 3.34. The molecule has 102 valence electrons. The quantitative estimate of drug-likeness (QED) is 0.781. The second-order valence-electron chi connectivity index (χ2n) is 5.32. The first kappa shape index (κ1) is 13.1. The molecule has 0 N–H and O–H groups in total. The van der Waals surface area contributed by atoms with E-state index in [0.29, 0.717) is 12.1 Å². The molecule has 2 fully saturated rings. The lowest BCUT2D eigenvalue weighted by Gasteiger charge is -2.39. The van der Waals surface area contributed by atoms with E-state index in [1.54, 1.807) is 6.92 Å². The molecule has 19 heavy (non-hydrogen) atoms. The third-order valence-electron chi connectivity index (χ3n) is 4.15. The molecule has 3 rings (SSSR count). The second-order valence-corrected chi connectivity index (χ2v) is 6.18. The van der Waals surface area contributed by atoms with Gasteiger partial charge in [0.1, 0.15) is 0 Å². The molecule has 1 aliphatic carbocycles. The number of carbonyl (C=O) groups is 1. The van der Waals surface area contributed by atoms with Gasteiger partial charge < -0.3 is 9.64 Å². The Bertz CT molecular complexity index is 503. The summed E-state index contributed by atoms with van der Waals surface area (Å²) in [5.74, 6) is 0.0964. The van der Waals surface area contributed by atoms with Gasteiger partial charge in [-0.1, -0.05) is 0 Å². The Morgan fingerprint density at radius 1 is 1.42 bits per heavy atom. The van der Waals surface area contributed by atoms with Crippen LogP contribution in [-0.2, 0) is 4.74 Å². The average molecular weight is 324 g/mol. The number of hydrogen-bond acceptors (Lipinski definition) is 3. The molecule has 1 aromatic carbocycles. The van der Waals surface area contributed by atoms with Gasteiger partial charge in [-0.2, -0.15) is 0 Å². The molecule has 0 spiro atoms. The number of halogens is 1. The van der Waals surface area contributed by atoms with E-state index in [0.717, 1.165) is 23.2 Å². The zero-order valence-corrected chi connectivity index (χ0v) is 12.6. The Morgan fingerprint density at radius 2 is 2.26 bits per heavy atom. The largest absolute Gasteiger partial charge is 0.374 e. The number of Topliss-reactive ketones (excluding diaryl/α,β-unsaturated/α-hetero) is 1. The Labute approximate surface area is 122 Å². The molecule has 0 amide bonds. The summed E-state index contributed by atoms with van der Waals surface area (Å²) >= 11 is 3.51. The van der Waals surface area contributed by atoms with E-state index in [1.165, 1.54) is 24.9 Å². The van der Waals surface area contributed by atoms with Gasteiger partial charge >= 0.3 is 0 Å². The topological polar surface area (TPSA) is 29.5 Å². The van der Waals surface area contributed by atoms with Crippen LogP contribution in [0, 0.1) is 0 Å². The Kier molecular flexibility index (Phi) is 3.63. The number of anilines is 1. The molecule has 2 aliphatic rings. The van der Waals surface area contributed by atoms with Crippen LogP contribution in [0.1, 0.15) is 36.5 Å². The second kappa shape index (κ2) is 5.25. The van der Waals surface area contributed by atoms with Gasteiger partial charge in [-0.3, -0.25) is 4.79 Å². The molecule has 1 saturated heterocycles. The van der Waals surface area contributed by atoms with Crippen molar-refractivity contribution in [2.24, 2.45) is 0 Å². The average Bonchev–Trinajstić information content (AvgIpc) is 2.86. The zero-order valence-electron chi connectivity index (χ0n) is 11.1. The fourth-order valence-corrected chi connectivity index (χ4v) is 3.86. The molecular formula is C15H18BrNO2. The number of hydrogen-bond donors (Lipinski definition) is 0. The van der Waals surface area contributed by atoms with E-state index >= 15 is 0 Å². The highest BCUT2D eigenvalue weighted by atomic mass is 79.9. The molecule has 1 aromatic rings. The van der Waals surface area contributed by atoms with Crippen LogP contribution < -0.4 is 4.90 Å². The van der Waals surface area contributed by atoms with Crippen molar-refractivity contribution in [2.75, 3.05) is 18.1 Å². The molecule has 2 unspecified atom stereocenters. The summed E-state index contributed by atoms with van der Waals surface area (Å²) in [7, 11) is 0. The minimum absolute atomic E-state index is 0.0964. The fraction of sp³-hybridized carbons (Fsp3) is 0.533. The predicted molar refractivity (Wildman–Crippen MR) is 78.9 cm³/mol. The number of nitrogens with zero attached hydrogens (tertiary/aromatic N) is 1. The summed E-state index contributed by atoms with van der Waals surface area (Å²) in [6, 6.07) is 6.55. The normalized spacial score (nSPS) is 26.3. The predicted octanol–water partition coefficient (Wildman–Crippen LogP) is 3.41. The molecule has 1 heterocycles. The first-order valence-electron chi connectivity index (χ1n) is 6.85. The van der Waals surface area contributed by atoms with Crippen LogP contribution in [-0.4, -0.2) is 31.1 Å². The third-order valence-corrected chi connectivity index (χ3v) is 4.80. The molecule has 3 nitrogen and oxygen atoms in total. The van der Waals surface area contributed by atoms with Crippen molar-refractivity contribution in [2.45, 2.75) is 38.3 Å². The molecule has 1 saturated carbocycles. The van der Waals surface area contributed by atoms with Gasteiger partial charge in [0, 0.05) is 22.3 Å². The summed E-state index contributed by atoms with van der Waals surface area (Å²) in [5, 5.41) is 0. The van der Waals surface area contributed by atoms with Crippen LogP contribution in [0.3, 0.4) is 0 Å². The number of ether oxygens (including phenoxy) is 1. The lowest BCUT2D eigenvalue weighted by molar-refractivity contribution is 0.0256. The van der Waals surface area contributed by atoms with Gasteiger partial charge in [-0.15, -0.1) is 0 Å². The van der Waals surface area contributed by atoms with E-state index in [4.69, 9.17) is 4.74 Å². The summed E-state index contributed by atoms with van der Waals surface area (Å²) < 4.78 is 6.73. The van der Waals surface area contributed by atoms with Gasteiger partial charge in [0.05, 0.1) is 18.8 Å². The standard InChI is InChI=1S/C15H18BrNO2/c1-10(18)12-6-5-11(9-13(12)16)17-7-8-19-15-4-2-3-14(15)17/h5-6,9,14-15H,2-4,7-8H2,1H3. The smallest absolute Gasteiger partial charge is 0.160 e. The lowest BCUT2D eigenvalue weighted by atomic mass is 10.1. The van der Waals surface area contributed by atoms with Crippen molar-refractivity contribution in [3.8, 4) is 0 Å². The maximum Gasteiger partial charge on any atom is 0.160 e. The van der Waals surface area contributed by atoms with Gasteiger partial charge in [0.2, 0.25) is 0 Å². The molecule has 4 heteroatoms. The number of ketones is 1. The number of rotatable bonds is 2. The van der Waals surface area contributed by atoms with Crippen LogP contribution in [0.5, 0.6) is 0 Å². The SMILES string of the molecule is CC(=O)c1ccc(N2CCOC3CCCC32)cc1Br. The Balaban J connectivity index is 1.89. The summed E-state index contributed by atoms with van der Waals surface area (Å²) in [4.78, 5) is 13.9. The number of carbonyl (C=O) groups excluding carboxylic acids is 1. The highest BCUT2D eigenvalue weighted by Crippen LogP contribution is 2.34. The Morgan fingerprint density at radius 3 is 3.00 bits per heavy atom. The lowest BCUT2D eigenvalue weighted by Crippen LogP contribution is -2.48. The van der Waals surface area contributed by atoms with Gasteiger partial charge in [-0.05, 0) is 60.3 Å². The van der Waals surface area contributed by atoms with Crippen LogP contribution in [0.15, 0.2) is 22.7 Å². The van der Waals surface area contributed by atoms with Crippen LogP contribution in [0.2, 0.25) is 0 Å². The number of fused-ring (bicyclic) bond motifs is 1. The van der Waals surface area contributed by atoms with Crippen molar-refractivity contribution in [1.82, 2.24) is 0 Å². The van der Waals surface area contributed by atoms with Crippen molar-refractivity contribution in [1.29, 1.82) is 0 Å². The van der Waals surface area contributed by atoms with Gasteiger partial charge in [-0.25, -0.2) is 0 Å². The van der Waals surface area contributed by atoms with E-state index in [9.17, 15) is 4.79 Å². The Hall–Kier alpha value is -0.870. The first-order chi connectivity index (χ1) is 9.16. The zero-order chi connectivity index (χ0) is 13.4. The molecule has 1 aliphatic heterocycles.